The molecule has 0 saturated carbocycles. The minimum absolute atomic E-state index is 0.0471. The van der Waals surface area contributed by atoms with Crippen molar-refractivity contribution in [1.29, 1.82) is 0 Å². The molecule has 0 spiro atoms. The SMILES string of the molecule is COCOc1c(Br)c(OC)cc2c1C(=O)OC2. The standard InChI is InChI=1S/C11H11BrO5/c1-14-5-17-10-8-6(4-16-11(8)13)3-7(15-2)9(10)12/h3H,4-5H2,1-2H3. The lowest BCUT2D eigenvalue weighted by Crippen LogP contribution is -2.06. The average molecular weight is 303 g/mol. The number of rotatable bonds is 4. The minimum atomic E-state index is -0.394. The number of methoxy groups -OCH3 is 2. The van der Waals surface area contributed by atoms with E-state index in [0.29, 0.717) is 21.5 Å². The van der Waals surface area contributed by atoms with E-state index in [0.717, 1.165) is 5.56 Å². The molecule has 1 aromatic carbocycles. The van der Waals surface area contributed by atoms with Crippen molar-refractivity contribution in [3.63, 3.8) is 0 Å². The Morgan fingerprint density at radius 3 is 2.88 bits per heavy atom. The molecule has 0 N–H and O–H groups in total. The molecule has 1 aliphatic heterocycles. The van der Waals surface area contributed by atoms with Crippen molar-refractivity contribution in [3.05, 3.63) is 21.7 Å². The van der Waals surface area contributed by atoms with E-state index in [-0.39, 0.29) is 13.4 Å². The molecule has 1 aromatic rings. The first-order valence-electron chi connectivity index (χ1n) is 4.87. The van der Waals surface area contributed by atoms with Gasteiger partial charge in [-0.05, 0) is 22.0 Å². The minimum Gasteiger partial charge on any atom is -0.495 e. The second-order valence-corrected chi connectivity index (χ2v) is 4.18. The van der Waals surface area contributed by atoms with Gasteiger partial charge in [-0.3, -0.25) is 0 Å². The van der Waals surface area contributed by atoms with Gasteiger partial charge >= 0.3 is 5.97 Å². The van der Waals surface area contributed by atoms with E-state index in [1.165, 1.54) is 7.11 Å². The third-order valence-electron chi connectivity index (χ3n) is 2.37. The Labute approximate surface area is 107 Å². The fourth-order valence-corrected chi connectivity index (χ4v) is 2.21. The summed E-state index contributed by atoms with van der Waals surface area (Å²) in [6.07, 6.45) is 0. The fourth-order valence-electron chi connectivity index (χ4n) is 1.62. The molecule has 1 aliphatic rings. The van der Waals surface area contributed by atoms with Crippen LogP contribution in [0.1, 0.15) is 15.9 Å². The lowest BCUT2D eigenvalue weighted by atomic mass is 10.1. The lowest BCUT2D eigenvalue weighted by Gasteiger charge is -2.13. The third kappa shape index (κ3) is 2.10. The van der Waals surface area contributed by atoms with E-state index >= 15 is 0 Å². The Balaban J connectivity index is 2.52. The summed E-state index contributed by atoms with van der Waals surface area (Å²) in [5.41, 5.74) is 1.18. The molecule has 0 atom stereocenters. The zero-order chi connectivity index (χ0) is 12.4. The quantitative estimate of drug-likeness (QED) is 0.630. The van der Waals surface area contributed by atoms with Crippen molar-refractivity contribution >= 4 is 21.9 Å². The van der Waals surface area contributed by atoms with E-state index in [1.807, 2.05) is 0 Å². The number of esters is 1. The first-order chi connectivity index (χ1) is 8.19. The highest BCUT2D eigenvalue weighted by molar-refractivity contribution is 9.10. The summed E-state index contributed by atoms with van der Waals surface area (Å²) >= 11 is 3.34. The summed E-state index contributed by atoms with van der Waals surface area (Å²) in [6.45, 7) is 0.284. The highest BCUT2D eigenvalue weighted by Gasteiger charge is 2.30. The molecule has 92 valence electrons. The van der Waals surface area contributed by atoms with E-state index in [2.05, 4.69) is 15.9 Å². The molecular weight excluding hydrogens is 292 g/mol. The number of halogens is 1. The summed E-state index contributed by atoms with van der Waals surface area (Å²) in [5.74, 6) is 0.589. The normalized spacial score (nSPS) is 13.2. The van der Waals surface area contributed by atoms with E-state index in [4.69, 9.17) is 18.9 Å². The average Bonchev–Trinajstić information content (AvgIpc) is 2.69. The van der Waals surface area contributed by atoms with Crippen molar-refractivity contribution in [2.24, 2.45) is 0 Å². The van der Waals surface area contributed by atoms with Crippen LogP contribution in [0.5, 0.6) is 11.5 Å². The van der Waals surface area contributed by atoms with Gasteiger partial charge in [0.15, 0.2) is 12.5 Å². The number of fused-ring (bicyclic) bond motifs is 1. The Bertz CT molecular complexity index is 458. The van der Waals surface area contributed by atoms with Crippen LogP contribution in [-0.4, -0.2) is 27.0 Å². The van der Waals surface area contributed by atoms with Crippen molar-refractivity contribution in [1.82, 2.24) is 0 Å². The van der Waals surface area contributed by atoms with Crippen LogP contribution >= 0.6 is 15.9 Å². The maximum absolute atomic E-state index is 11.6. The second kappa shape index (κ2) is 4.93. The van der Waals surface area contributed by atoms with Crippen LogP contribution in [0.4, 0.5) is 0 Å². The van der Waals surface area contributed by atoms with Gasteiger partial charge in [-0.2, -0.15) is 0 Å². The Morgan fingerprint density at radius 2 is 2.24 bits per heavy atom. The van der Waals surface area contributed by atoms with Crippen LogP contribution in [0.2, 0.25) is 0 Å². The number of carbonyl (C=O) groups excluding carboxylic acids is 1. The maximum atomic E-state index is 11.6. The molecule has 0 aliphatic carbocycles. The number of hydrogen-bond donors (Lipinski definition) is 0. The molecule has 0 aromatic heterocycles. The monoisotopic (exact) mass is 302 g/mol. The molecule has 6 heteroatoms. The van der Waals surface area contributed by atoms with Gasteiger partial charge in [0.25, 0.3) is 0 Å². The van der Waals surface area contributed by atoms with Crippen molar-refractivity contribution < 1.29 is 23.7 Å². The largest absolute Gasteiger partial charge is 0.495 e. The first-order valence-corrected chi connectivity index (χ1v) is 5.66. The number of hydrogen-bond acceptors (Lipinski definition) is 5. The Morgan fingerprint density at radius 1 is 1.47 bits per heavy atom. The molecule has 0 amide bonds. The van der Waals surface area contributed by atoms with E-state index < -0.39 is 5.97 Å². The van der Waals surface area contributed by atoms with Crippen LogP contribution in [-0.2, 0) is 16.1 Å². The summed E-state index contributed by atoms with van der Waals surface area (Å²) < 4.78 is 21.0. The number of benzene rings is 1. The summed E-state index contributed by atoms with van der Waals surface area (Å²) in [4.78, 5) is 11.6. The molecule has 0 radical (unpaired) electrons. The number of cyclic esters (lactones) is 1. The first kappa shape index (κ1) is 12.2. The molecule has 17 heavy (non-hydrogen) atoms. The summed E-state index contributed by atoms with van der Waals surface area (Å²) in [5, 5.41) is 0. The van der Waals surface area contributed by atoms with Crippen molar-refractivity contribution in [2.75, 3.05) is 21.0 Å². The van der Waals surface area contributed by atoms with Gasteiger partial charge in [0.1, 0.15) is 22.4 Å². The molecule has 0 unspecified atom stereocenters. The van der Waals surface area contributed by atoms with Crippen LogP contribution in [0.25, 0.3) is 0 Å². The van der Waals surface area contributed by atoms with Gasteiger partial charge in [0, 0.05) is 12.7 Å². The van der Waals surface area contributed by atoms with Gasteiger partial charge in [-0.15, -0.1) is 0 Å². The number of ether oxygens (including phenoxy) is 4. The topological polar surface area (TPSA) is 54.0 Å². The number of carbonyl (C=O) groups is 1. The van der Waals surface area contributed by atoms with Crippen molar-refractivity contribution in [2.45, 2.75) is 6.61 Å². The fraction of sp³-hybridized carbons (Fsp3) is 0.364. The van der Waals surface area contributed by atoms with E-state index in [1.54, 1.807) is 13.2 Å². The Kier molecular flexibility index (Phi) is 3.54. The zero-order valence-electron chi connectivity index (χ0n) is 9.41. The highest BCUT2D eigenvalue weighted by Crippen LogP contribution is 2.42. The molecule has 2 rings (SSSR count). The lowest BCUT2D eigenvalue weighted by molar-refractivity contribution is 0.0455. The molecule has 0 fully saturated rings. The zero-order valence-corrected chi connectivity index (χ0v) is 11.0. The van der Waals surface area contributed by atoms with Crippen LogP contribution in [0.15, 0.2) is 10.5 Å². The Hall–Kier alpha value is -1.27. The molecule has 0 bridgehead atoms. The highest BCUT2D eigenvalue weighted by atomic mass is 79.9. The van der Waals surface area contributed by atoms with E-state index in [9.17, 15) is 4.79 Å². The molecular formula is C11H11BrO5. The van der Waals surface area contributed by atoms with Gasteiger partial charge in [-0.1, -0.05) is 0 Å². The van der Waals surface area contributed by atoms with Gasteiger partial charge in [-0.25, -0.2) is 4.79 Å². The predicted octanol–water partition coefficient (Wildman–Crippen LogP) is 2.11. The summed E-state index contributed by atoms with van der Waals surface area (Å²) in [6, 6.07) is 1.75. The van der Waals surface area contributed by atoms with Gasteiger partial charge in [0.05, 0.1) is 7.11 Å². The third-order valence-corrected chi connectivity index (χ3v) is 3.12. The maximum Gasteiger partial charge on any atom is 0.342 e. The predicted molar refractivity (Wildman–Crippen MR) is 62.3 cm³/mol. The molecule has 5 nitrogen and oxygen atoms in total. The van der Waals surface area contributed by atoms with Crippen LogP contribution in [0, 0.1) is 0 Å². The van der Waals surface area contributed by atoms with Gasteiger partial charge < -0.3 is 18.9 Å². The van der Waals surface area contributed by atoms with Crippen molar-refractivity contribution in [3.8, 4) is 11.5 Å². The van der Waals surface area contributed by atoms with Crippen LogP contribution in [0.3, 0.4) is 0 Å². The summed E-state index contributed by atoms with van der Waals surface area (Å²) in [7, 11) is 3.05. The molecule has 1 heterocycles. The smallest absolute Gasteiger partial charge is 0.342 e. The van der Waals surface area contributed by atoms with Crippen LogP contribution < -0.4 is 9.47 Å². The van der Waals surface area contributed by atoms with Gasteiger partial charge in [0.2, 0.25) is 0 Å². The second-order valence-electron chi connectivity index (χ2n) is 3.38. The molecule has 0 saturated heterocycles.